The number of amides is 1. The Bertz CT molecular complexity index is 1180. The first kappa shape index (κ1) is 21.0. The van der Waals surface area contributed by atoms with Crippen LogP contribution in [-0.2, 0) is 4.79 Å². The van der Waals surface area contributed by atoms with E-state index in [1.165, 1.54) is 49.2 Å². The summed E-state index contributed by atoms with van der Waals surface area (Å²) in [6.07, 6.45) is 3.04. The molecule has 152 valence electrons. The Kier molecular flexibility index (Phi) is 6.45. The van der Waals surface area contributed by atoms with Crippen molar-refractivity contribution >= 4 is 46.1 Å². The van der Waals surface area contributed by atoms with Crippen LogP contribution in [0.5, 0.6) is 5.75 Å². The number of rotatable bonds is 7. The van der Waals surface area contributed by atoms with E-state index < -0.39 is 10.8 Å². The summed E-state index contributed by atoms with van der Waals surface area (Å²) in [6.45, 7) is 0. The minimum absolute atomic E-state index is 0.184. The SMILES string of the molecule is COc1ccc(-c2ccc(/C=C(/C#N)C(=O)Nc3nc(SC)ns3)o2)c([N+](=O)[O-])c1. The van der Waals surface area contributed by atoms with E-state index in [1.54, 1.807) is 18.4 Å². The number of benzene rings is 1. The molecule has 0 saturated carbocycles. The summed E-state index contributed by atoms with van der Waals surface area (Å²) in [5.41, 5.74) is -0.179. The summed E-state index contributed by atoms with van der Waals surface area (Å²) in [7, 11) is 1.41. The maximum atomic E-state index is 12.3. The number of nitrogens with one attached hydrogen (secondary N) is 1. The number of hydrogen-bond acceptors (Lipinski definition) is 10. The lowest BCUT2D eigenvalue weighted by Gasteiger charge is -2.03. The van der Waals surface area contributed by atoms with Gasteiger partial charge in [0.2, 0.25) is 10.3 Å². The molecule has 0 atom stereocenters. The van der Waals surface area contributed by atoms with Crippen molar-refractivity contribution < 1.29 is 18.9 Å². The lowest BCUT2D eigenvalue weighted by atomic mass is 10.1. The largest absolute Gasteiger partial charge is 0.497 e. The molecule has 30 heavy (non-hydrogen) atoms. The molecule has 0 aliphatic heterocycles. The second kappa shape index (κ2) is 9.21. The zero-order valence-electron chi connectivity index (χ0n) is 15.6. The van der Waals surface area contributed by atoms with E-state index in [2.05, 4.69) is 14.7 Å². The molecule has 0 bridgehead atoms. The maximum Gasteiger partial charge on any atom is 0.284 e. The van der Waals surface area contributed by atoms with Crippen LogP contribution in [0, 0.1) is 21.4 Å². The highest BCUT2D eigenvalue weighted by Gasteiger charge is 2.20. The summed E-state index contributed by atoms with van der Waals surface area (Å²) in [5.74, 6) is 0.0578. The van der Waals surface area contributed by atoms with Crippen LogP contribution < -0.4 is 10.1 Å². The monoisotopic (exact) mass is 443 g/mol. The van der Waals surface area contributed by atoms with Crippen LogP contribution in [0.1, 0.15) is 5.76 Å². The molecule has 0 spiro atoms. The highest BCUT2D eigenvalue weighted by atomic mass is 32.2. The maximum absolute atomic E-state index is 12.3. The number of hydrogen-bond donors (Lipinski definition) is 1. The second-order valence-electron chi connectivity index (χ2n) is 5.55. The van der Waals surface area contributed by atoms with Crippen LogP contribution in [0.2, 0.25) is 0 Å². The minimum atomic E-state index is -0.672. The highest BCUT2D eigenvalue weighted by Crippen LogP contribution is 2.34. The predicted octanol–water partition coefficient (Wildman–Crippen LogP) is 3.98. The fourth-order valence-electron chi connectivity index (χ4n) is 2.37. The van der Waals surface area contributed by atoms with Gasteiger partial charge in [-0.15, -0.1) is 0 Å². The van der Waals surface area contributed by atoms with Crippen LogP contribution in [0.4, 0.5) is 10.8 Å². The van der Waals surface area contributed by atoms with Crippen LogP contribution in [0.15, 0.2) is 45.5 Å². The molecular weight excluding hydrogens is 430 g/mol. The average Bonchev–Trinajstić information content (AvgIpc) is 3.40. The van der Waals surface area contributed by atoms with Gasteiger partial charge in [0, 0.05) is 17.6 Å². The number of nitrogens with zero attached hydrogens (tertiary/aromatic N) is 4. The summed E-state index contributed by atoms with van der Waals surface area (Å²) in [6, 6.07) is 9.18. The van der Waals surface area contributed by atoms with Crippen LogP contribution >= 0.6 is 23.3 Å². The van der Waals surface area contributed by atoms with Gasteiger partial charge in [0.05, 0.1) is 23.7 Å². The fourth-order valence-corrected chi connectivity index (χ4v) is 3.49. The molecule has 10 nitrogen and oxygen atoms in total. The highest BCUT2D eigenvalue weighted by molar-refractivity contribution is 7.98. The van der Waals surface area contributed by atoms with E-state index in [9.17, 15) is 20.2 Å². The van der Waals surface area contributed by atoms with Crippen LogP contribution in [-0.4, -0.2) is 33.6 Å². The molecule has 0 radical (unpaired) electrons. The molecule has 0 unspecified atom stereocenters. The molecule has 0 aliphatic carbocycles. The predicted molar refractivity (Wildman–Crippen MR) is 111 cm³/mol. The fraction of sp³-hybridized carbons (Fsp3) is 0.111. The molecule has 12 heteroatoms. The third-order valence-corrected chi connectivity index (χ3v) is 5.05. The van der Waals surface area contributed by atoms with Crippen molar-refractivity contribution in [2.24, 2.45) is 0 Å². The number of thioether (sulfide) groups is 1. The van der Waals surface area contributed by atoms with Crippen molar-refractivity contribution in [2.75, 3.05) is 18.7 Å². The zero-order valence-corrected chi connectivity index (χ0v) is 17.2. The van der Waals surface area contributed by atoms with Crippen LogP contribution in [0.25, 0.3) is 17.4 Å². The first-order valence-corrected chi connectivity index (χ1v) is 10.2. The van der Waals surface area contributed by atoms with Gasteiger partial charge in [0.1, 0.15) is 28.9 Å². The number of methoxy groups -OCH3 is 1. The number of nitriles is 1. The first-order chi connectivity index (χ1) is 14.4. The molecule has 1 aromatic carbocycles. The van der Waals surface area contributed by atoms with E-state index in [0.29, 0.717) is 10.9 Å². The summed E-state index contributed by atoms with van der Waals surface area (Å²) < 4.78 is 14.6. The minimum Gasteiger partial charge on any atom is -0.497 e. The Morgan fingerprint density at radius 3 is 2.87 bits per heavy atom. The Hall–Kier alpha value is -3.69. The van der Waals surface area contributed by atoms with Gasteiger partial charge < -0.3 is 9.15 Å². The quantitative estimate of drug-likeness (QED) is 0.188. The number of carbonyl (C=O) groups excluding carboxylic acids is 1. The molecule has 3 rings (SSSR count). The smallest absolute Gasteiger partial charge is 0.284 e. The topological polar surface area (TPSA) is 144 Å². The average molecular weight is 443 g/mol. The Balaban J connectivity index is 1.86. The normalized spacial score (nSPS) is 11.0. The third-order valence-electron chi connectivity index (χ3n) is 3.76. The van der Waals surface area contributed by atoms with E-state index in [-0.39, 0.29) is 33.5 Å². The van der Waals surface area contributed by atoms with Gasteiger partial charge in [-0.25, -0.2) is 0 Å². The van der Waals surface area contributed by atoms with Crippen molar-refractivity contribution in [3.05, 3.63) is 51.8 Å². The Labute approximate surface area is 178 Å². The summed E-state index contributed by atoms with van der Waals surface area (Å²) >= 11 is 2.32. The Morgan fingerprint density at radius 2 is 2.23 bits per heavy atom. The number of ether oxygens (including phenoxy) is 1. The molecule has 0 fully saturated rings. The van der Waals surface area contributed by atoms with Gasteiger partial charge in [0.25, 0.3) is 11.6 Å². The molecule has 0 aliphatic rings. The van der Waals surface area contributed by atoms with E-state index in [0.717, 1.165) is 11.5 Å². The van der Waals surface area contributed by atoms with Gasteiger partial charge in [-0.05, 0) is 30.5 Å². The van der Waals surface area contributed by atoms with Gasteiger partial charge in [-0.2, -0.15) is 14.6 Å². The van der Waals surface area contributed by atoms with Crippen molar-refractivity contribution in [3.8, 4) is 23.1 Å². The molecule has 3 aromatic rings. The number of furan rings is 1. The van der Waals surface area contributed by atoms with Crippen molar-refractivity contribution in [3.63, 3.8) is 0 Å². The van der Waals surface area contributed by atoms with Gasteiger partial charge in [0.15, 0.2) is 0 Å². The lowest BCUT2D eigenvalue weighted by molar-refractivity contribution is -0.384. The second-order valence-corrected chi connectivity index (χ2v) is 7.08. The number of aromatic nitrogens is 2. The van der Waals surface area contributed by atoms with Gasteiger partial charge in [-0.3, -0.25) is 20.2 Å². The van der Waals surface area contributed by atoms with E-state index in [4.69, 9.17) is 9.15 Å². The number of carbonyl (C=O) groups is 1. The molecule has 2 aromatic heterocycles. The first-order valence-electron chi connectivity index (χ1n) is 8.18. The number of nitro benzene ring substituents is 1. The van der Waals surface area contributed by atoms with Gasteiger partial charge in [-0.1, -0.05) is 11.8 Å². The van der Waals surface area contributed by atoms with E-state index >= 15 is 0 Å². The Morgan fingerprint density at radius 1 is 1.43 bits per heavy atom. The molecule has 2 heterocycles. The zero-order chi connectivity index (χ0) is 21.7. The van der Waals surface area contributed by atoms with Crippen molar-refractivity contribution in [1.82, 2.24) is 9.36 Å². The van der Waals surface area contributed by atoms with Crippen molar-refractivity contribution in [2.45, 2.75) is 5.16 Å². The molecule has 1 amide bonds. The van der Waals surface area contributed by atoms with Crippen LogP contribution in [0.3, 0.4) is 0 Å². The van der Waals surface area contributed by atoms with Crippen molar-refractivity contribution in [1.29, 1.82) is 5.26 Å². The molecule has 0 saturated heterocycles. The molecule has 1 N–H and O–H groups in total. The van der Waals surface area contributed by atoms with Gasteiger partial charge >= 0.3 is 0 Å². The van der Waals surface area contributed by atoms with E-state index in [1.807, 2.05) is 0 Å². The summed E-state index contributed by atoms with van der Waals surface area (Å²) in [5, 5.41) is 24.0. The summed E-state index contributed by atoms with van der Waals surface area (Å²) in [4.78, 5) is 27.2. The number of anilines is 1. The standard InChI is InChI=1S/C18H13N5O5S2/c1-27-11-3-5-13(14(8-11)23(25)26)15-6-4-12(28-15)7-10(9-19)16(24)20-17-21-18(29-2)22-30-17/h3-8H,1-2H3,(H,20,21,22,24)/b10-7-. The third kappa shape index (κ3) is 4.65. The number of nitro groups is 1. The lowest BCUT2D eigenvalue weighted by Crippen LogP contribution is -2.13. The molecular formula is C18H13N5O5S2.